The van der Waals surface area contributed by atoms with E-state index in [0.29, 0.717) is 17.5 Å². The van der Waals surface area contributed by atoms with Crippen molar-refractivity contribution in [3.05, 3.63) is 140 Å². The standard InChI is InChI=1S/C41H23N3OS/c1-2-11-26-23-35-33(21-25(26)10-1)30-15-8-17-32(38(30)45-35)41-43-39(27-19-20-37-34(22-27)29-14-5-6-18-36(29)46-37)42-40(44-41)31-16-7-12-24-9-3-4-13-28(24)31/h1-23H. The first-order valence-corrected chi connectivity index (χ1v) is 16.1. The third-order valence-electron chi connectivity index (χ3n) is 8.91. The van der Waals surface area contributed by atoms with Gasteiger partial charge in [-0.2, -0.15) is 0 Å². The molecule has 0 atom stereocenters. The first kappa shape index (κ1) is 25.4. The molecule has 10 rings (SSSR count). The van der Waals surface area contributed by atoms with Gasteiger partial charge in [-0.15, -0.1) is 11.3 Å². The maximum atomic E-state index is 6.60. The van der Waals surface area contributed by atoms with Crippen LogP contribution in [-0.4, -0.2) is 15.0 Å². The van der Waals surface area contributed by atoms with Crippen LogP contribution in [-0.2, 0) is 0 Å². The molecule has 3 heterocycles. The number of rotatable bonds is 3. The number of furan rings is 1. The Kier molecular flexibility index (Phi) is 5.41. The summed E-state index contributed by atoms with van der Waals surface area (Å²) in [5.41, 5.74) is 4.37. The second kappa shape index (κ2) is 9.80. The van der Waals surface area contributed by atoms with Gasteiger partial charge in [-0.25, -0.2) is 15.0 Å². The number of hydrogen-bond donors (Lipinski definition) is 0. The molecule has 0 N–H and O–H groups in total. The quantitative estimate of drug-likeness (QED) is 0.201. The van der Waals surface area contributed by atoms with Crippen LogP contribution < -0.4 is 0 Å². The molecule has 4 nitrogen and oxygen atoms in total. The Balaban J connectivity index is 1.25. The highest BCUT2D eigenvalue weighted by Gasteiger charge is 2.19. The predicted molar refractivity (Wildman–Crippen MR) is 191 cm³/mol. The van der Waals surface area contributed by atoms with E-state index in [-0.39, 0.29) is 0 Å². The minimum Gasteiger partial charge on any atom is -0.455 e. The molecule has 0 amide bonds. The Bertz CT molecular complexity index is 2820. The number of benzene rings is 7. The van der Waals surface area contributed by atoms with Crippen molar-refractivity contribution in [1.82, 2.24) is 15.0 Å². The van der Waals surface area contributed by atoms with Crippen molar-refractivity contribution < 1.29 is 4.42 Å². The molecule has 214 valence electrons. The Hall–Kier alpha value is -5.91. The summed E-state index contributed by atoms with van der Waals surface area (Å²) in [4.78, 5) is 15.4. The van der Waals surface area contributed by atoms with Gasteiger partial charge in [-0.1, -0.05) is 97.1 Å². The van der Waals surface area contributed by atoms with Crippen molar-refractivity contribution in [3.63, 3.8) is 0 Å². The summed E-state index contributed by atoms with van der Waals surface area (Å²) >= 11 is 1.81. The minimum absolute atomic E-state index is 0.581. The fourth-order valence-electron chi connectivity index (χ4n) is 6.69. The summed E-state index contributed by atoms with van der Waals surface area (Å²) in [6.45, 7) is 0. The fourth-order valence-corrected chi connectivity index (χ4v) is 7.78. The summed E-state index contributed by atoms with van der Waals surface area (Å²) in [6, 6.07) is 48.6. The highest BCUT2D eigenvalue weighted by atomic mass is 32.1. The van der Waals surface area contributed by atoms with Crippen molar-refractivity contribution >= 4 is 75.0 Å². The molecule has 46 heavy (non-hydrogen) atoms. The van der Waals surface area contributed by atoms with Crippen LogP contribution in [0.15, 0.2) is 144 Å². The average molecular weight is 606 g/mol. The van der Waals surface area contributed by atoms with Crippen molar-refractivity contribution in [1.29, 1.82) is 0 Å². The number of para-hydroxylation sites is 1. The minimum atomic E-state index is 0.581. The van der Waals surface area contributed by atoms with Crippen LogP contribution in [0, 0.1) is 0 Å². The average Bonchev–Trinajstić information content (AvgIpc) is 3.67. The molecule has 0 saturated carbocycles. The monoisotopic (exact) mass is 605 g/mol. The van der Waals surface area contributed by atoms with Gasteiger partial charge in [0.1, 0.15) is 11.2 Å². The molecule has 0 aliphatic carbocycles. The van der Waals surface area contributed by atoms with E-state index in [9.17, 15) is 0 Å². The molecule has 5 heteroatoms. The Morgan fingerprint density at radius 3 is 1.93 bits per heavy atom. The van der Waals surface area contributed by atoms with E-state index < -0.39 is 0 Å². The summed E-state index contributed by atoms with van der Waals surface area (Å²) in [6.07, 6.45) is 0. The van der Waals surface area contributed by atoms with Crippen molar-refractivity contribution in [2.75, 3.05) is 0 Å². The first-order valence-electron chi connectivity index (χ1n) is 15.3. The maximum absolute atomic E-state index is 6.60. The number of hydrogen-bond acceptors (Lipinski definition) is 5. The van der Waals surface area contributed by atoms with E-state index in [1.807, 2.05) is 6.07 Å². The van der Waals surface area contributed by atoms with Crippen LogP contribution in [0.4, 0.5) is 0 Å². The molecule has 0 aliphatic heterocycles. The second-order valence-electron chi connectivity index (χ2n) is 11.6. The van der Waals surface area contributed by atoms with Gasteiger partial charge in [0.05, 0.1) is 5.56 Å². The molecule has 3 aromatic heterocycles. The number of fused-ring (bicyclic) bond motifs is 8. The van der Waals surface area contributed by atoms with Crippen molar-refractivity contribution in [2.45, 2.75) is 0 Å². The summed E-state index contributed by atoms with van der Waals surface area (Å²) in [7, 11) is 0. The van der Waals surface area contributed by atoms with E-state index in [1.54, 1.807) is 11.3 Å². The van der Waals surface area contributed by atoms with Crippen LogP contribution in [0.5, 0.6) is 0 Å². The van der Waals surface area contributed by atoms with Gasteiger partial charge in [0.2, 0.25) is 0 Å². The molecular weight excluding hydrogens is 583 g/mol. The van der Waals surface area contributed by atoms with Crippen molar-refractivity contribution in [3.8, 4) is 34.2 Å². The van der Waals surface area contributed by atoms with Crippen LogP contribution in [0.2, 0.25) is 0 Å². The molecule has 7 aromatic carbocycles. The zero-order valence-corrected chi connectivity index (χ0v) is 25.3. The Morgan fingerprint density at radius 2 is 1.04 bits per heavy atom. The normalized spacial score (nSPS) is 11.9. The van der Waals surface area contributed by atoms with Gasteiger partial charge >= 0.3 is 0 Å². The SMILES string of the molecule is c1ccc2cc3c(cc2c1)oc1c(-c2nc(-c4ccc5sc6ccccc6c5c4)nc(-c4cccc5ccccc45)n2)cccc13. The van der Waals surface area contributed by atoms with E-state index in [1.165, 1.54) is 25.6 Å². The molecule has 0 fully saturated rings. The predicted octanol–water partition coefficient (Wildman–Crippen LogP) is 11.4. The molecule has 0 radical (unpaired) electrons. The highest BCUT2D eigenvalue weighted by Crippen LogP contribution is 2.39. The number of nitrogens with zero attached hydrogens (tertiary/aromatic N) is 3. The molecule has 0 spiro atoms. The maximum Gasteiger partial charge on any atom is 0.167 e. The van der Waals surface area contributed by atoms with Gasteiger partial charge < -0.3 is 4.42 Å². The van der Waals surface area contributed by atoms with Crippen LogP contribution in [0.3, 0.4) is 0 Å². The lowest BCUT2D eigenvalue weighted by molar-refractivity contribution is 0.670. The van der Waals surface area contributed by atoms with E-state index >= 15 is 0 Å². The van der Waals surface area contributed by atoms with Crippen LogP contribution >= 0.6 is 11.3 Å². The topological polar surface area (TPSA) is 51.8 Å². The van der Waals surface area contributed by atoms with Crippen LogP contribution in [0.1, 0.15) is 0 Å². The number of thiophene rings is 1. The third kappa shape index (κ3) is 3.89. The summed E-state index contributed by atoms with van der Waals surface area (Å²) in [5, 5.41) is 9.13. The first-order chi connectivity index (χ1) is 22.8. The van der Waals surface area contributed by atoms with Gasteiger partial charge in [0, 0.05) is 42.1 Å². The lowest BCUT2D eigenvalue weighted by Gasteiger charge is -2.10. The van der Waals surface area contributed by atoms with Gasteiger partial charge in [-0.3, -0.25) is 0 Å². The van der Waals surface area contributed by atoms with E-state index in [4.69, 9.17) is 19.4 Å². The van der Waals surface area contributed by atoms with Gasteiger partial charge in [0.15, 0.2) is 17.5 Å². The summed E-state index contributed by atoms with van der Waals surface area (Å²) in [5.74, 6) is 1.84. The largest absolute Gasteiger partial charge is 0.455 e. The molecular formula is C41H23N3OS. The Morgan fingerprint density at radius 1 is 0.413 bits per heavy atom. The van der Waals surface area contributed by atoms with Crippen LogP contribution in [0.25, 0.3) is 97.8 Å². The molecule has 0 unspecified atom stereocenters. The summed E-state index contributed by atoms with van der Waals surface area (Å²) < 4.78 is 9.12. The van der Waals surface area contributed by atoms with Gasteiger partial charge in [-0.05, 0) is 64.0 Å². The molecule has 0 aliphatic rings. The Labute approximate surface area is 267 Å². The molecule has 0 saturated heterocycles. The lowest BCUT2D eigenvalue weighted by atomic mass is 10.0. The molecule has 0 bridgehead atoms. The third-order valence-corrected chi connectivity index (χ3v) is 10.1. The van der Waals surface area contributed by atoms with Gasteiger partial charge in [0.25, 0.3) is 0 Å². The van der Waals surface area contributed by atoms with E-state index in [0.717, 1.165) is 54.8 Å². The van der Waals surface area contributed by atoms with Crippen molar-refractivity contribution in [2.24, 2.45) is 0 Å². The second-order valence-corrected chi connectivity index (χ2v) is 12.7. The van der Waals surface area contributed by atoms with E-state index in [2.05, 4.69) is 133 Å². The molecule has 10 aromatic rings. The highest BCUT2D eigenvalue weighted by molar-refractivity contribution is 7.25. The lowest BCUT2D eigenvalue weighted by Crippen LogP contribution is -2.00. The zero-order valence-electron chi connectivity index (χ0n) is 24.4. The number of aromatic nitrogens is 3. The zero-order chi connectivity index (χ0) is 30.2. The smallest absolute Gasteiger partial charge is 0.167 e. The fraction of sp³-hybridized carbons (Fsp3) is 0.